The number of rotatable bonds is 8. The quantitative estimate of drug-likeness (QED) is 0.270. The van der Waals surface area contributed by atoms with E-state index in [4.69, 9.17) is 5.73 Å². The van der Waals surface area contributed by atoms with Gasteiger partial charge in [-0.1, -0.05) is 70.7 Å². The van der Waals surface area contributed by atoms with Crippen LogP contribution in [0.3, 0.4) is 0 Å². The Kier molecular flexibility index (Phi) is 16.4. The Morgan fingerprint density at radius 2 is 1.79 bits per heavy atom. The molecule has 0 bridgehead atoms. The zero-order valence-electron chi connectivity index (χ0n) is 16.3. The first-order chi connectivity index (χ1) is 10.9. The minimum atomic E-state index is 0. The zero-order chi connectivity index (χ0) is 17.7. The molecule has 1 rings (SSSR count). The van der Waals surface area contributed by atoms with Crippen molar-refractivity contribution >= 4 is 11.3 Å². The Morgan fingerprint density at radius 3 is 2.25 bits per heavy atom. The topological polar surface area (TPSA) is 26.0 Å². The van der Waals surface area contributed by atoms with Crippen LogP contribution in [0.5, 0.6) is 0 Å². The number of benzene rings is 1. The van der Waals surface area contributed by atoms with Crippen LogP contribution in [0.4, 0.5) is 5.69 Å². The maximum atomic E-state index is 5.81. The fraction of sp³-hybridized carbons (Fsp3) is 0.545. The van der Waals surface area contributed by atoms with Gasteiger partial charge in [-0.3, -0.25) is 0 Å². The molecule has 2 heteroatoms. The summed E-state index contributed by atoms with van der Waals surface area (Å²) in [5, 5.41) is 0. The molecule has 0 aliphatic heterocycles. The van der Waals surface area contributed by atoms with Crippen molar-refractivity contribution in [3.8, 4) is 0 Å². The molecule has 1 aromatic rings. The predicted octanol–water partition coefficient (Wildman–Crippen LogP) is 7.10. The van der Waals surface area contributed by atoms with Gasteiger partial charge >= 0.3 is 31.1 Å². The van der Waals surface area contributed by atoms with Gasteiger partial charge in [0.05, 0.1) is 0 Å². The summed E-state index contributed by atoms with van der Waals surface area (Å²) in [6, 6.07) is 7.95. The van der Waals surface area contributed by atoms with E-state index in [0.29, 0.717) is 5.41 Å². The number of nitrogens with two attached hydrogens (primary N) is 1. The standard InChI is InChI=1S/C11H15N.C11H22.U/c1-3-6-9(2)10-7-4-5-8-11(10)12;1-5-8-10-11(4,7-3)9-6-2;/h4-8H,3,12H2,1-2H3;2,4-10H2,1,3H3;/q;-2;+2/b9-6+;;. The van der Waals surface area contributed by atoms with Gasteiger partial charge in [-0.15, -0.1) is 6.42 Å². The van der Waals surface area contributed by atoms with Gasteiger partial charge in [-0.2, -0.15) is 11.8 Å². The molecule has 24 heavy (non-hydrogen) atoms. The van der Waals surface area contributed by atoms with Gasteiger partial charge in [0.2, 0.25) is 0 Å². The smallest absolute Gasteiger partial charge is 0.398 e. The first-order valence-electron chi connectivity index (χ1n) is 9.10. The summed E-state index contributed by atoms with van der Waals surface area (Å²) in [5.74, 6) is 0. The summed E-state index contributed by atoms with van der Waals surface area (Å²) in [5.41, 5.74) is 9.41. The van der Waals surface area contributed by atoms with Crippen LogP contribution in [0.1, 0.15) is 78.2 Å². The molecule has 0 amide bonds. The third-order valence-corrected chi connectivity index (χ3v) is 4.41. The summed E-state index contributed by atoms with van der Waals surface area (Å²) >= 11 is 0. The Hall–Kier alpha value is -0.188. The molecule has 0 aliphatic carbocycles. The second-order valence-corrected chi connectivity index (χ2v) is 6.44. The molecular weight excluding hydrogens is 516 g/mol. The van der Waals surface area contributed by atoms with Crippen molar-refractivity contribution in [2.45, 2.75) is 72.6 Å². The van der Waals surface area contributed by atoms with Gasteiger partial charge < -0.3 is 19.6 Å². The van der Waals surface area contributed by atoms with E-state index >= 15 is 0 Å². The number of unbranched alkanes of at least 4 members (excludes halogenated alkanes) is 1. The molecule has 0 aliphatic rings. The van der Waals surface area contributed by atoms with Crippen LogP contribution in [0, 0.1) is 50.4 Å². The van der Waals surface area contributed by atoms with Gasteiger partial charge in [0.15, 0.2) is 0 Å². The van der Waals surface area contributed by atoms with Crippen molar-refractivity contribution in [2.24, 2.45) is 5.41 Å². The largest absolute Gasteiger partial charge is 2.00 e. The van der Waals surface area contributed by atoms with Crippen molar-refractivity contribution in [1.82, 2.24) is 0 Å². The maximum Gasteiger partial charge on any atom is 2.00 e. The van der Waals surface area contributed by atoms with Gasteiger partial charge in [0.25, 0.3) is 0 Å². The van der Waals surface area contributed by atoms with Crippen LogP contribution >= 0.6 is 0 Å². The minimum Gasteiger partial charge on any atom is -0.398 e. The summed E-state index contributed by atoms with van der Waals surface area (Å²) in [6.07, 6.45) is 10.5. The van der Waals surface area contributed by atoms with Crippen LogP contribution in [0.15, 0.2) is 30.3 Å². The van der Waals surface area contributed by atoms with Crippen LogP contribution < -0.4 is 5.73 Å². The Morgan fingerprint density at radius 1 is 1.17 bits per heavy atom. The molecule has 0 spiro atoms. The Labute approximate surface area is 175 Å². The van der Waals surface area contributed by atoms with Gasteiger partial charge in [0, 0.05) is 5.69 Å². The molecule has 2 N–H and O–H groups in total. The van der Waals surface area contributed by atoms with Crippen LogP contribution in [0.25, 0.3) is 5.57 Å². The Balaban J connectivity index is 0. The van der Waals surface area contributed by atoms with E-state index in [1.165, 1.54) is 37.7 Å². The first kappa shape index (κ1) is 26.0. The normalized spacial score (nSPS) is 13.3. The van der Waals surface area contributed by atoms with Crippen molar-refractivity contribution in [1.29, 1.82) is 0 Å². The molecule has 1 nitrogen and oxygen atoms in total. The predicted molar refractivity (Wildman–Crippen MR) is 107 cm³/mol. The summed E-state index contributed by atoms with van der Waals surface area (Å²) in [6.45, 7) is 16.9. The van der Waals surface area contributed by atoms with E-state index in [0.717, 1.165) is 24.1 Å². The monoisotopic (exact) mass is 553 g/mol. The van der Waals surface area contributed by atoms with Gasteiger partial charge in [-0.25, -0.2) is 0 Å². The van der Waals surface area contributed by atoms with Crippen LogP contribution in [-0.4, -0.2) is 0 Å². The fourth-order valence-electron chi connectivity index (χ4n) is 2.68. The molecule has 0 radical (unpaired) electrons. The summed E-state index contributed by atoms with van der Waals surface area (Å²) < 4.78 is 0. The maximum absolute atomic E-state index is 5.81. The van der Waals surface area contributed by atoms with E-state index in [-0.39, 0.29) is 31.1 Å². The number of para-hydroxylation sites is 1. The van der Waals surface area contributed by atoms with Gasteiger partial charge in [0.1, 0.15) is 0 Å². The van der Waals surface area contributed by atoms with E-state index < -0.39 is 0 Å². The molecule has 0 saturated carbocycles. The van der Waals surface area contributed by atoms with Crippen LogP contribution in [0.2, 0.25) is 0 Å². The molecule has 134 valence electrons. The van der Waals surface area contributed by atoms with Crippen molar-refractivity contribution < 1.29 is 31.1 Å². The van der Waals surface area contributed by atoms with Gasteiger partial charge in [-0.05, 0) is 30.5 Å². The molecule has 1 atom stereocenters. The molecule has 0 aromatic heterocycles. The average molecular weight is 554 g/mol. The Bertz CT molecular complexity index is 453. The van der Waals surface area contributed by atoms with Crippen molar-refractivity contribution in [2.75, 3.05) is 5.73 Å². The molecule has 0 fully saturated rings. The third-order valence-electron chi connectivity index (χ3n) is 4.41. The molecule has 1 aromatic carbocycles. The zero-order valence-corrected chi connectivity index (χ0v) is 20.5. The molecule has 0 saturated heterocycles. The summed E-state index contributed by atoms with van der Waals surface area (Å²) in [7, 11) is 0. The van der Waals surface area contributed by atoms with E-state index in [1.54, 1.807) is 0 Å². The van der Waals surface area contributed by atoms with Crippen molar-refractivity contribution in [3.63, 3.8) is 0 Å². The molecular formula is C22H37NU. The second kappa shape index (κ2) is 15.1. The first-order valence-corrected chi connectivity index (χ1v) is 9.10. The van der Waals surface area contributed by atoms with E-state index in [9.17, 15) is 0 Å². The number of anilines is 1. The summed E-state index contributed by atoms with van der Waals surface area (Å²) in [4.78, 5) is 0. The number of hydrogen-bond donors (Lipinski definition) is 1. The average Bonchev–Trinajstić information content (AvgIpc) is 2.54. The third kappa shape index (κ3) is 10.6. The van der Waals surface area contributed by atoms with Crippen LogP contribution in [-0.2, 0) is 0 Å². The van der Waals surface area contributed by atoms with E-state index in [1.807, 2.05) is 18.2 Å². The minimum absolute atomic E-state index is 0. The fourth-order valence-corrected chi connectivity index (χ4v) is 2.68. The molecule has 1 unspecified atom stereocenters. The number of nitrogen functional groups attached to an aromatic ring is 1. The molecule has 0 heterocycles. The van der Waals surface area contributed by atoms with Crippen molar-refractivity contribution in [3.05, 3.63) is 49.8 Å². The number of allylic oxidation sites excluding steroid dienone is 2. The second-order valence-electron chi connectivity index (χ2n) is 6.44. The van der Waals surface area contributed by atoms with E-state index in [2.05, 4.69) is 53.7 Å². The SMILES string of the molecule is CC/C=C(\C)c1ccccc1N.[CH2-]CCC([CH2-])(CC)CCCC.[U+2]. The number of hydrogen-bond acceptors (Lipinski definition) is 1.